The van der Waals surface area contributed by atoms with Gasteiger partial charge in [0.15, 0.2) is 5.78 Å². The Labute approximate surface area is 476 Å². The highest BCUT2D eigenvalue weighted by Crippen LogP contribution is 2.20. The van der Waals surface area contributed by atoms with E-state index in [0.717, 1.165) is 12.8 Å². The summed E-state index contributed by atoms with van der Waals surface area (Å²) in [6, 6.07) is -13.0. The molecule has 0 aliphatic carbocycles. The van der Waals surface area contributed by atoms with E-state index in [1.54, 1.807) is 13.8 Å². The summed E-state index contributed by atoms with van der Waals surface area (Å²) in [6.45, 7) is 12.7. The number of rotatable bonds is 28. The van der Waals surface area contributed by atoms with Gasteiger partial charge in [0, 0.05) is 25.3 Å². The molecule has 81 heavy (non-hydrogen) atoms. The number of hydrogen-bond donors (Lipinski definition) is 17. The van der Waals surface area contributed by atoms with E-state index >= 15 is 0 Å². The van der Waals surface area contributed by atoms with Crippen molar-refractivity contribution in [2.75, 3.05) is 39.3 Å². The maximum absolute atomic E-state index is 14.4. The molecule has 10 amide bonds. The molecule has 28 nitrogen and oxygen atoms in total. The Bertz CT molecular complexity index is 2050. The predicted octanol–water partition coefficient (Wildman–Crippen LogP) is -4.74. The minimum Gasteiger partial charge on any atom is -0.391 e. The van der Waals surface area contributed by atoms with Gasteiger partial charge in [-0.2, -0.15) is 0 Å². The molecule has 1 saturated heterocycles. The lowest BCUT2D eigenvalue weighted by Gasteiger charge is -2.28. The van der Waals surface area contributed by atoms with Crippen LogP contribution in [-0.2, 0) is 52.7 Å². The first-order chi connectivity index (χ1) is 38.2. The van der Waals surface area contributed by atoms with Crippen molar-refractivity contribution >= 4 is 64.9 Å². The molecule has 0 aromatic heterocycles. The summed E-state index contributed by atoms with van der Waals surface area (Å²) in [5.41, 5.74) is 29.3. The van der Waals surface area contributed by atoms with E-state index in [1.165, 1.54) is 13.8 Å². The standard InChI is InChI=1S/C53H99N15O13/c1-9-30(6)11-10-12-42(72)60-35(14-20-55)49(77)68-44(32(8)70)53(81)65-37(16-22-57)47(75)64-39-18-24-59-52(80)43(31(7)69)67-50(78)38(17-23-58)62-46(74)36(15-21-56)63-51(79)40(26-29(4)5)66-45(73)33(25-28(2)3)27-41(71)34(13-19-54)61-48(39)76/h28-40,43-44,69-70H,9-27,54-58H2,1-8H3,(H,59,80)(H,60,72)(H,61,76)(H,62,74)(H,63,79)(H,64,75)(H,65,81)(H,66,73)(H,67,78)(H,68,77)/t30?,31-,32-,33+,34+,35+,36+,37+,38+,39+,40+,43+,44+/m1/s1. The summed E-state index contributed by atoms with van der Waals surface area (Å²) < 4.78 is 0. The van der Waals surface area contributed by atoms with Gasteiger partial charge in [-0.1, -0.05) is 54.4 Å². The molecule has 22 N–H and O–H groups in total. The Morgan fingerprint density at radius 3 is 1.58 bits per heavy atom. The van der Waals surface area contributed by atoms with Crippen molar-refractivity contribution in [2.45, 2.75) is 205 Å². The molecule has 13 atom stereocenters. The van der Waals surface area contributed by atoms with Crippen LogP contribution in [0.4, 0.5) is 0 Å². The summed E-state index contributed by atoms with van der Waals surface area (Å²) in [7, 11) is 0. The molecule has 0 radical (unpaired) electrons. The van der Waals surface area contributed by atoms with Crippen LogP contribution in [0.25, 0.3) is 0 Å². The second kappa shape index (κ2) is 38.7. The average molecular weight is 1150 g/mol. The Morgan fingerprint density at radius 1 is 0.568 bits per heavy atom. The Hall–Kier alpha value is -5.91. The zero-order valence-electron chi connectivity index (χ0n) is 48.9. The molecule has 0 spiro atoms. The van der Waals surface area contributed by atoms with Gasteiger partial charge in [-0.25, -0.2) is 0 Å². The molecule has 0 aromatic carbocycles. The van der Waals surface area contributed by atoms with Crippen LogP contribution < -0.4 is 81.8 Å². The van der Waals surface area contributed by atoms with Crippen LogP contribution in [-0.4, -0.2) is 181 Å². The highest BCUT2D eigenvalue weighted by atomic mass is 16.3. The number of nitrogens with one attached hydrogen (secondary N) is 10. The fourth-order valence-corrected chi connectivity index (χ4v) is 8.92. The molecule has 0 bridgehead atoms. The quantitative estimate of drug-likeness (QED) is 0.0350. The summed E-state index contributed by atoms with van der Waals surface area (Å²) in [4.78, 5) is 153. The number of ketones is 1. The SMILES string of the molecule is CCC(C)CCCC(=O)N[C@@H](CCN)C(=O)N[C@H](C(=O)N[C@@H](CCN)C(=O)N[C@H]1CCNC(=O)[C@H]([C@@H](C)O)NC(=O)[C@H](CCN)NC(=O)[C@H](CCN)NC(=O)[C@H](CC(C)C)NC(=O)[C@@H](CC(C)C)CC(=O)[C@H](CCN)NC1=O)[C@@H](C)O. The first-order valence-corrected chi connectivity index (χ1v) is 28.6. The normalized spacial score (nSPS) is 23.7. The van der Waals surface area contributed by atoms with Crippen LogP contribution in [0.3, 0.4) is 0 Å². The van der Waals surface area contributed by atoms with Gasteiger partial charge in [-0.05, 0) is 122 Å². The predicted molar refractivity (Wildman–Crippen MR) is 302 cm³/mol. The number of aliphatic hydroxyl groups excluding tert-OH is 2. The number of Topliss-reactive ketones (excluding diaryl/α,β-unsaturated/α-hetero) is 1. The molecule has 28 heteroatoms. The Kier molecular flexibility index (Phi) is 35.0. The van der Waals surface area contributed by atoms with Gasteiger partial charge in [0.05, 0.1) is 18.2 Å². The van der Waals surface area contributed by atoms with Crippen LogP contribution in [0.1, 0.15) is 139 Å². The molecule has 1 unspecified atom stereocenters. The van der Waals surface area contributed by atoms with E-state index in [4.69, 9.17) is 28.7 Å². The molecule has 0 aromatic rings. The third kappa shape index (κ3) is 27.1. The van der Waals surface area contributed by atoms with E-state index < -0.39 is 157 Å². The molecular formula is C53H99N15O13. The summed E-state index contributed by atoms with van der Waals surface area (Å²) in [5.74, 6) is -10.1. The highest BCUT2D eigenvalue weighted by Gasteiger charge is 2.38. The molecule has 464 valence electrons. The minimum absolute atomic E-state index is 0.0106. The first-order valence-electron chi connectivity index (χ1n) is 28.6. The number of amides is 10. The molecular weight excluding hydrogens is 1050 g/mol. The Morgan fingerprint density at radius 2 is 1.07 bits per heavy atom. The maximum atomic E-state index is 14.4. The highest BCUT2D eigenvalue weighted by molar-refractivity contribution is 5.99. The maximum Gasteiger partial charge on any atom is 0.245 e. The first kappa shape index (κ1) is 73.1. The number of carbonyl (C=O) groups is 11. The van der Waals surface area contributed by atoms with E-state index in [-0.39, 0.29) is 95.9 Å². The van der Waals surface area contributed by atoms with Gasteiger partial charge in [0.2, 0.25) is 59.1 Å². The smallest absolute Gasteiger partial charge is 0.245 e. The third-order valence-electron chi connectivity index (χ3n) is 13.7. The number of nitrogens with two attached hydrogens (primary N) is 5. The van der Waals surface area contributed by atoms with Crippen LogP contribution >= 0.6 is 0 Å². The van der Waals surface area contributed by atoms with Crippen molar-refractivity contribution in [1.82, 2.24) is 53.2 Å². The van der Waals surface area contributed by atoms with E-state index in [1.807, 2.05) is 20.8 Å². The van der Waals surface area contributed by atoms with E-state index in [9.17, 15) is 63.0 Å². The zero-order valence-corrected chi connectivity index (χ0v) is 48.9. The van der Waals surface area contributed by atoms with Crippen molar-refractivity contribution in [2.24, 2.45) is 52.3 Å². The number of aliphatic hydroxyl groups is 2. The molecule has 1 heterocycles. The van der Waals surface area contributed by atoms with Gasteiger partial charge < -0.3 is 92.0 Å². The van der Waals surface area contributed by atoms with Gasteiger partial charge in [0.25, 0.3) is 0 Å². The van der Waals surface area contributed by atoms with E-state index in [0.29, 0.717) is 12.3 Å². The van der Waals surface area contributed by atoms with Crippen LogP contribution in [0, 0.1) is 23.7 Å². The topological polar surface area (TPSA) is 479 Å². The lowest BCUT2D eigenvalue weighted by atomic mass is 9.88. The fraction of sp³-hybridized carbons (Fsp3) is 0.792. The Balaban J connectivity index is 3.84. The third-order valence-corrected chi connectivity index (χ3v) is 13.7. The average Bonchev–Trinajstić information content (AvgIpc) is 3.41. The molecule has 1 fully saturated rings. The van der Waals surface area contributed by atoms with Crippen molar-refractivity contribution < 1.29 is 63.0 Å². The van der Waals surface area contributed by atoms with Crippen molar-refractivity contribution in [3.8, 4) is 0 Å². The van der Waals surface area contributed by atoms with Crippen molar-refractivity contribution in [3.05, 3.63) is 0 Å². The summed E-state index contributed by atoms with van der Waals surface area (Å²) in [6.07, 6.45) is -1.95. The number of carbonyl (C=O) groups excluding carboxylic acids is 11. The minimum atomic E-state index is -1.69. The van der Waals surface area contributed by atoms with Crippen molar-refractivity contribution in [1.29, 1.82) is 0 Å². The van der Waals surface area contributed by atoms with E-state index in [2.05, 4.69) is 60.1 Å². The van der Waals surface area contributed by atoms with Crippen LogP contribution in [0.2, 0.25) is 0 Å². The summed E-state index contributed by atoms with van der Waals surface area (Å²) in [5, 5.41) is 47.0. The van der Waals surface area contributed by atoms with Crippen LogP contribution in [0.5, 0.6) is 0 Å². The summed E-state index contributed by atoms with van der Waals surface area (Å²) >= 11 is 0. The zero-order chi connectivity index (χ0) is 61.5. The molecule has 1 aliphatic rings. The number of hydrogen-bond acceptors (Lipinski definition) is 18. The van der Waals surface area contributed by atoms with Gasteiger partial charge in [-0.3, -0.25) is 52.7 Å². The van der Waals surface area contributed by atoms with Gasteiger partial charge in [0.1, 0.15) is 48.3 Å². The van der Waals surface area contributed by atoms with Gasteiger partial charge in [-0.15, -0.1) is 0 Å². The molecule has 1 aliphatic heterocycles. The molecule has 1 rings (SSSR count). The monoisotopic (exact) mass is 1150 g/mol. The van der Waals surface area contributed by atoms with Gasteiger partial charge >= 0.3 is 0 Å². The fourth-order valence-electron chi connectivity index (χ4n) is 8.92. The lowest BCUT2D eigenvalue weighted by Crippen LogP contribution is -2.61. The second-order valence-corrected chi connectivity index (χ2v) is 21.9. The van der Waals surface area contributed by atoms with Crippen LogP contribution in [0.15, 0.2) is 0 Å². The van der Waals surface area contributed by atoms with Crippen molar-refractivity contribution in [3.63, 3.8) is 0 Å². The lowest BCUT2D eigenvalue weighted by molar-refractivity contribution is -0.137. The molecule has 0 saturated carbocycles. The largest absolute Gasteiger partial charge is 0.391 e. The second-order valence-electron chi connectivity index (χ2n) is 21.9.